The van der Waals surface area contributed by atoms with Crippen LogP contribution in [0.3, 0.4) is 0 Å². The van der Waals surface area contributed by atoms with Gasteiger partial charge < -0.3 is 20.7 Å². The smallest absolute Gasteiger partial charge is 0.409 e. The highest BCUT2D eigenvalue weighted by molar-refractivity contribution is 5.71. The molecule has 0 unspecified atom stereocenters. The molecule has 0 aliphatic carbocycles. The number of aryl methyl sites for hydroxylation is 1. The predicted octanol–water partition coefficient (Wildman–Crippen LogP) is 3.12. The maximum absolute atomic E-state index is 12.0. The van der Waals surface area contributed by atoms with Crippen LogP contribution in [0.5, 0.6) is 0 Å². The summed E-state index contributed by atoms with van der Waals surface area (Å²) >= 11 is 0. The Morgan fingerprint density at radius 2 is 2.12 bits per heavy atom. The summed E-state index contributed by atoms with van der Waals surface area (Å²) in [4.78, 5) is 13.7. The zero-order valence-electron chi connectivity index (χ0n) is 14.6. The number of nitrogens with one attached hydrogen (secondary N) is 1. The molecule has 1 aromatic rings. The van der Waals surface area contributed by atoms with E-state index in [2.05, 4.69) is 11.4 Å². The van der Waals surface area contributed by atoms with Gasteiger partial charge in [-0.25, -0.2) is 4.79 Å². The number of carbonyl (C=O) groups is 1. The van der Waals surface area contributed by atoms with E-state index in [9.17, 15) is 4.79 Å². The molecule has 24 heavy (non-hydrogen) atoms. The van der Waals surface area contributed by atoms with Crippen LogP contribution >= 0.6 is 0 Å². The summed E-state index contributed by atoms with van der Waals surface area (Å²) in [5, 5.41) is 12.5. The average Bonchev–Trinajstić information content (AvgIpc) is 2.56. The van der Waals surface area contributed by atoms with Crippen molar-refractivity contribution >= 4 is 17.5 Å². The van der Waals surface area contributed by atoms with Crippen LogP contribution < -0.4 is 11.1 Å². The van der Waals surface area contributed by atoms with Crippen LogP contribution in [0.15, 0.2) is 12.1 Å². The number of carbonyl (C=O) groups excluding carboxylic acids is 1. The van der Waals surface area contributed by atoms with Gasteiger partial charge in [0.2, 0.25) is 0 Å². The van der Waals surface area contributed by atoms with Crippen molar-refractivity contribution in [2.45, 2.75) is 39.7 Å². The second-order valence-corrected chi connectivity index (χ2v) is 6.74. The minimum Gasteiger partial charge on any atom is -0.449 e. The summed E-state index contributed by atoms with van der Waals surface area (Å²) in [6.45, 7) is 7.74. The van der Waals surface area contributed by atoms with Crippen molar-refractivity contribution in [2.24, 2.45) is 5.92 Å². The van der Waals surface area contributed by atoms with Gasteiger partial charge in [-0.3, -0.25) is 0 Å². The fourth-order valence-corrected chi connectivity index (χ4v) is 2.73. The van der Waals surface area contributed by atoms with Crippen LogP contribution in [0, 0.1) is 24.2 Å². The highest BCUT2D eigenvalue weighted by atomic mass is 16.6. The van der Waals surface area contributed by atoms with Crippen molar-refractivity contribution in [3.63, 3.8) is 0 Å². The van der Waals surface area contributed by atoms with Gasteiger partial charge in [0, 0.05) is 19.1 Å². The van der Waals surface area contributed by atoms with Crippen LogP contribution in [-0.2, 0) is 4.74 Å². The van der Waals surface area contributed by atoms with Gasteiger partial charge in [-0.05, 0) is 43.4 Å². The van der Waals surface area contributed by atoms with E-state index in [1.54, 1.807) is 11.0 Å². The number of anilines is 2. The van der Waals surface area contributed by atoms with Gasteiger partial charge in [0.25, 0.3) is 0 Å². The van der Waals surface area contributed by atoms with Crippen molar-refractivity contribution in [3.8, 4) is 6.07 Å². The molecule has 0 bridgehead atoms. The van der Waals surface area contributed by atoms with Crippen LogP contribution in [0.25, 0.3) is 0 Å². The molecule has 0 radical (unpaired) electrons. The zero-order chi connectivity index (χ0) is 17.7. The van der Waals surface area contributed by atoms with Gasteiger partial charge in [-0.1, -0.05) is 13.8 Å². The molecule has 1 amide bonds. The summed E-state index contributed by atoms with van der Waals surface area (Å²) in [6, 6.07) is 6.02. The van der Waals surface area contributed by atoms with E-state index < -0.39 is 0 Å². The SMILES string of the molecule is Cc1cc(NC2CCN(C(=O)OCC(C)C)CC2)c(N)cc1C#N. The summed E-state index contributed by atoms with van der Waals surface area (Å²) in [5.74, 6) is 0.343. The third kappa shape index (κ3) is 4.54. The lowest BCUT2D eigenvalue weighted by molar-refractivity contribution is 0.0845. The number of ether oxygens (including phenoxy) is 1. The molecule has 130 valence electrons. The number of nitriles is 1. The van der Waals surface area contributed by atoms with Crippen LogP contribution in [0.2, 0.25) is 0 Å². The molecule has 6 nitrogen and oxygen atoms in total. The number of hydrogen-bond donors (Lipinski definition) is 2. The molecule has 1 aliphatic heterocycles. The molecule has 1 aliphatic rings. The van der Waals surface area contributed by atoms with Gasteiger partial charge in [0.05, 0.1) is 29.6 Å². The molecule has 1 saturated heterocycles. The van der Waals surface area contributed by atoms with E-state index in [1.807, 2.05) is 26.8 Å². The van der Waals surface area contributed by atoms with Crippen molar-refractivity contribution < 1.29 is 9.53 Å². The standard InChI is InChI=1S/C18H26N4O2/c1-12(2)11-24-18(23)22-6-4-15(5-7-22)21-17-8-13(3)14(10-19)9-16(17)20/h8-9,12,15,21H,4-7,11,20H2,1-3H3. The van der Waals surface area contributed by atoms with E-state index in [4.69, 9.17) is 15.7 Å². The second kappa shape index (κ2) is 7.91. The molecule has 1 fully saturated rings. The van der Waals surface area contributed by atoms with Crippen LogP contribution in [0.1, 0.15) is 37.8 Å². The van der Waals surface area contributed by atoms with Crippen molar-refractivity contribution in [3.05, 3.63) is 23.3 Å². The third-order valence-corrected chi connectivity index (χ3v) is 4.17. The van der Waals surface area contributed by atoms with E-state index in [1.165, 1.54) is 0 Å². The number of hydrogen-bond acceptors (Lipinski definition) is 5. The van der Waals surface area contributed by atoms with E-state index in [0.717, 1.165) is 24.1 Å². The van der Waals surface area contributed by atoms with E-state index >= 15 is 0 Å². The average molecular weight is 330 g/mol. The molecule has 0 atom stereocenters. The first-order chi connectivity index (χ1) is 11.4. The van der Waals surface area contributed by atoms with Crippen molar-refractivity contribution in [1.82, 2.24) is 4.90 Å². The number of nitrogens with two attached hydrogens (primary N) is 1. The van der Waals surface area contributed by atoms with Crippen molar-refractivity contribution in [2.75, 3.05) is 30.7 Å². The zero-order valence-corrected chi connectivity index (χ0v) is 14.6. The lowest BCUT2D eigenvalue weighted by Gasteiger charge is -2.32. The number of piperidine rings is 1. The molecule has 2 rings (SSSR count). The minimum atomic E-state index is -0.226. The van der Waals surface area contributed by atoms with Crippen LogP contribution in [0.4, 0.5) is 16.2 Å². The number of nitrogen functional groups attached to an aromatic ring is 1. The largest absolute Gasteiger partial charge is 0.449 e. The van der Waals surface area contributed by atoms with Gasteiger partial charge in [0.1, 0.15) is 0 Å². The number of benzene rings is 1. The molecule has 6 heteroatoms. The fourth-order valence-electron chi connectivity index (χ4n) is 2.73. The summed E-state index contributed by atoms with van der Waals surface area (Å²) in [5.41, 5.74) is 8.97. The molecular formula is C18H26N4O2. The third-order valence-electron chi connectivity index (χ3n) is 4.17. The fraction of sp³-hybridized carbons (Fsp3) is 0.556. The molecule has 0 spiro atoms. The summed E-state index contributed by atoms with van der Waals surface area (Å²) in [6.07, 6.45) is 1.46. The van der Waals surface area contributed by atoms with Gasteiger partial charge >= 0.3 is 6.09 Å². The Hall–Kier alpha value is -2.42. The lowest BCUT2D eigenvalue weighted by Crippen LogP contribution is -2.43. The lowest BCUT2D eigenvalue weighted by atomic mass is 10.0. The maximum Gasteiger partial charge on any atom is 0.409 e. The first kappa shape index (κ1) is 17.9. The highest BCUT2D eigenvalue weighted by Gasteiger charge is 2.24. The minimum absolute atomic E-state index is 0.226. The molecule has 1 aromatic carbocycles. The normalized spacial score (nSPS) is 15.2. The van der Waals surface area contributed by atoms with Gasteiger partial charge in [0.15, 0.2) is 0 Å². The number of amides is 1. The monoisotopic (exact) mass is 330 g/mol. The Morgan fingerprint density at radius 3 is 2.71 bits per heavy atom. The summed E-state index contributed by atoms with van der Waals surface area (Å²) < 4.78 is 5.27. The molecule has 0 aromatic heterocycles. The Morgan fingerprint density at radius 1 is 1.46 bits per heavy atom. The number of nitrogens with zero attached hydrogens (tertiary/aromatic N) is 2. The Balaban J connectivity index is 1.88. The summed E-state index contributed by atoms with van der Waals surface area (Å²) in [7, 11) is 0. The first-order valence-corrected chi connectivity index (χ1v) is 8.39. The molecule has 0 saturated carbocycles. The Labute approximate surface area is 143 Å². The highest BCUT2D eigenvalue weighted by Crippen LogP contribution is 2.26. The molecular weight excluding hydrogens is 304 g/mol. The quantitative estimate of drug-likeness (QED) is 0.828. The Bertz CT molecular complexity index is 629. The maximum atomic E-state index is 12.0. The van der Waals surface area contributed by atoms with Gasteiger partial charge in [-0.15, -0.1) is 0 Å². The number of likely N-dealkylation sites (tertiary alicyclic amines) is 1. The predicted molar refractivity (Wildman–Crippen MR) is 94.7 cm³/mol. The van der Waals surface area contributed by atoms with Crippen LogP contribution in [-0.4, -0.2) is 36.7 Å². The molecule has 3 N–H and O–H groups in total. The van der Waals surface area contributed by atoms with E-state index in [0.29, 0.717) is 36.9 Å². The van der Waals surface area contributed by atoms with E-state index in [-0.39, 0.29) is 12.1 Å². The second-order valence-electron chi connectivity index (χ2n) is 6.74. The number of rotatable bonds is 4. The topological polar surface area (TPSA) is 91.4 Å². The molecule has 1 heterocycles. The van der Waals surface area contributed by atoms with Crippen molar-refractivity contribution in [1.29, 1.82) is 5.26 Å². The Kier molecular flexibility index (Phi) is 5.91. The first-order valence-electron chi connectivity index (χ1n) is 8.39. The van der Waals surface area contributed by atoms with Gasteiger partial charge in [-0.2, -0.15) is 5.26 Å².